The summed E-state index contributed by atoms with van der Waals surface area (Å²) in [5.74, 6) is 7.68. The van der Waals surface area contributed by atoms with E-state index in [1.807, 2.05) is 0 Å². The Kier molecular flexibility index (Phi) is 5.17. The molecule has 0 bridgehead atoms. The Bertz CT molecular complexity index is 402. The fourth-order valence-electron chi connectivity index (χ4n) is 2.39. The lowest BCUT2D eigenvalue weighted by Gasteiger charge is -2.29. The molecule has 0 saturated heterocycles. The van der Waals surface area contributed by atoms with Crippen LogP contribution in [0.15, 0.2) is 12.1 Å². The largest absolute Gasteiger partial charge is 0.496 e. The molecule has 0 heterocycles. The van der Waals surface area contributed by atoms with E-state index in [2.05, 4.69) is 52.2 Å². The molecule has 0 aromatic heterocycles. The normalized spacial score (nSPS) is 14.7. The summed E-state index contributed by atoms with van der Waals surface area (Å²) in [6, 6.07) is 4.36. The average molecular weight is 250 g/mol. The van der Waals surface area contributed by atoms with Gasteiger partial charge in [-0.2, -0.15) is 0 Å². The molecule has 0 aliphatic rings. The number of hydrogen-bond acceptors (Lipinski definition) is 3. The second-order valence-electron chi connectivity index (χ2n) is 5.45. The summed E-state index contributed by atoms with van der Waals surface area (Å²) in [5, 5.41) is 0. The van der Waals surface area contributed by atoms with Crippen molar-refractivity contribution < 1.29 is 4.74 Å². The molecule has 0 fully saturated rings. The smallest absolute Gasteiger partial charge is 0.124 e. The molecule has 0 radical (unpaired) electrons. The number of ether oxygens (including phenoxy) is 1. The van der Waals surface area contributed by atoms with Crippen molar-refractivity contribution in [2.75, 3.05) is 7.11 Å². The highest BCUT2D eigenvalue weighted by Crippen LogP contribution is 2.36. The molecule has 0 saturated carbocycles. The minimum Gasteiger partial charge on any atom is -0.496 e. The van der Waals surface area contributed by atoms with E-state index in [0.717, 1.165) is 5.75 Å². The fraction of sp³-hybridized carbons (Fsp3) is 0.600. The second kappa shape index (κ2) is 6.21. The predicted molar refractivity (Wildman–Crippen MR) is 76.5 cm³/mol. The summed E-state index contributed by atoms with van der Waals surface area (Å²) in [7, 11) is 1.71. The molecule has 18 heavy (non-hydrogen) atoms. The standard InChI is InChI=1S/C15H26N2O/c1-9(2)12(5)15(17-16)14-11(4)7-10(3)8-13(14)18-6/h7-9,12,15,17H,16H2,1-6H3. The monoisotopic (exact) mass is 250 g/mol. The lowest BCUT2D eigenvalue weighted by atomic mass is 9.84. The van der Waals surface area contributed by atoms with Gasteiger partial charge in [0.2, 0.25) is 0 Å². The van der Waals surface area contributed by atoms with Gasteiger partial charge in [-0.15, -0.1) is 0 Å². The van der Waals surface area contributed by atoms with Gasteiger partial charge in [-0.3, -0.25) is 11.3 Å². The predicted octanol–water partition coefficient (Wildman–Crippen LogP) is 3.11. The van der Waals surface area contributed by atoms with Crippen molar-refractivity contribution in [3.8, 4) is 5.75 Å². The van der Waals surface area contributed by atoms with Crippen molar-refractivity contribution in [3.05, 3.63) is 28.8 Å². The summed E-state index contributed by atoms with van der Waals surface area (Å²) in [4.78, 5) is 0. The van der Waals surface area contributed by atoms with Gasteiger partial charge in [-0.05, 0) is 42.9 Å². The first kappa shape index (κ1) is 15.0. The number of nitrogens with one attached hydrogen (secondary N) is 1. The molecule has 0 aliphatic carbocycles. The van der Waals surface area contributed by atoms with Gasteiger partial charge in [0.1, 0.15) is 5.75 Å². The fourth-order valence-corrected chi connectivity index (χ4v) is 2.39. The van der Waals surface area contributed by atoms with Gasteiger partial charge >= 0.3 is 0 Å². The first-order chi connectivity index (χ1) is 8.42. The average Bonchev–Trinajstić information content (AvgIpc) is 2.31. The van der Waals surface area contributed by atoms with Crippen LogP contribution in [0.4, 0.5) is 0 Å². The van der Waals surface area contributed by atoms with Crippen LogP contribution in [0, 0.1) is 25.7 Å². The van der Waals surface area contributed by atoms with E-state index in [9.17, 15) is 0 Å². The van der Waals surface area contributed by atoms with Gasteiger partial charge in [0.05, 0.1) is 13.2 Å². The maximum Gasteiger partial charge on any atom is 0.124 e. The first-order valence-electron chi connectivity index (χ1n) is 6.53. The van der Waals surface area contributed by atoms with Gasteiger partial charge in [0.15, 0.2) is 0 Å². The minimum atomic E-state index is 0.112. The Morgan fingerprint density at radius 1 is 1.17 bits per heavy atom. The topological polar surface area (TPSA) is 47.3 Å². The summed E-state index contributed by atoms with van der Waals surface area (Å²) < 4.78 is 5.52. The second-order valence-corrected chi connectivity index (χ2v) is 5.45. The molecular formula is C15H26N2O. The first-order valence-corrected chi connectivity index (χ1v) is 6.53. The Balaban J connectivity index is 3.28. The molecular weight excluding hydrogens is 224 g/mol. The van der Waals surface area contributed by atoms with Crippen LogP contribution in [0.3, 0.4) is 0 Å². The van der Waals surface area contributed by atoms with Crippen LogP contribution in [0.1, 0.15) is 43.5 Å². The highest BCUT2D eigenvalue weighted by atomic mass is 16.5. The minimum absolute atomic E-state index is 0.112. The number of rotatable bonds is 5. The van der Waals surface area contributed by atoms with E-state index in [1.165, 1.54) is 16.7 Å². The SMILES string of the molecule is COc1cc(C)cc(C)c1C(NN)C(C)C(C)C. The third kappa shape index (κ3) is 3.03. The van der Waals surface area contributed by atoms with Gasteiger partial charge in [-0.1, -0.05) is 26.8 Å². The van der Waals surface area contributed by atoms with Crippen molar-refractivity contribution >= 4 is 0 Å². The number of benzene rings is 1. The van der Waals surface area contributed by atoms with E-state index >= 15 is 0 Å². The van der Waals surface area contributed by atoms with Crippen molar-refractivity contribution in [1.29, 1.82) is 0 Å². The van der Waals surface area contributed by atoms with Gasteiger partial charge in [0, 0.05) is 5.56 Å². The van der Waals surface area contributed by atoms with Gasteiger partial charge in [-0.25, -0.2) is 0 Å². The summed E-state index contributed by atoms with van der Waals surface area (Å²) >= 11 is 0. The van der Waals surface area contributed by atoms with Crippen LogP contribution >= 0.6 is 0 Å². The van der Waals surface area contributed by atoms with Gasteiger partial charge < -0.3 is 4.74 Å². The molecule has 1 aromatic carbocycles. The molecule has 3 N–H and O–H groups in total. The molecule has 0 aliphatic heterocycles. The van der Waals surface area contributed by atoms with Crippen LogP contribution in [0.25, 0.3) is 0 Å². The third-order valence-electron chi connectivity index (χ3n) is 3.78. The highest BCUT2D eigenvalue weighted by Gasteiger charge is 2.25. The van der Waals surface area contributed by atoms with E-state index in [-0.39, 0.29) is 6.04 Å². The van der Waals surface area contributed by atoms with E-state index in [0.29, 0.717) is 11.8 Å². The van der Waals surface area contributed by atoms with E-state index < -0.39 is 0 Å². The van der Waals surface area contributed by atoms with Gasteiger partial charge in [0.25, 0.3) is 0 Å². The Hall–Kier alpha value is -1.06. The zero-order valence-electron chi connectivity index (χ0n) is 12.4. The van der Waals surface area contributed by atoms with E-state index in [1.54, 1.807) is 7.11 Å². The van der Waals surface area contributed by atoms with Crippen LogP contribution in [0.5, 0.6) is 5.75 Å². The number of aryl methyl sites for hydroxylation is 2. The van der Waals surface area contributed by atoms with E-state index in [4.69, 9.17) is 10.6 Å². The Morgan fingerprint density at radius 3 is 2.22 bits per heavy atom. The molecule has 3 heteroatoms. The molecule has 2 atom stereocenters. The number of hydrogen-bond donors (Lipinski definition) is 2. The van der Waals surface area contributed by atoms with Crippen molar-refractivity contribution in [2.24, 2.45) is 17.7 Å². The Labute approximate surface area is 111 Å². The molecule has 2 unspecified atom stereocenters. The van der Waals surface area contributed by atoms with Crippen molar-refractivity contribution in [1.82, 2.24) is 5.43 Å². The van der Waals surface area contributed by atoms with Crippen LogP contribution in [-0.4, -0.2) is 7.11 Å². The lowest BCUT2D eigenvalue weighted by molar-refractivity contribution is 0.295. The molecule has 102 valence electrons. The molecule has 3 nitrogen and oxygen atoms in total. The summed E-state index contributed by atoms with van der Waals surface area (Å²) in [6.45, 7) is 10.8. The Morgan fingerprint density at radius 2 is 1.78 bits per heavy atom. The molecule has 0 spiro atoms. The molecule has 1 rings (SSSR count). The zero-order chi connectivity index (χ0) is 13.9. The quantitative estimate of drug-likeness (QED) is 0.623. The zero-order valence-corrected chi connectivity index (χ0v) is 12.4. The van der Waals surface area contributed by atoms with Crippen LogP contribution in [-0.2, 0) is 0 Å². The maximum absolute atomic E-state index is 5.77. The molecule has 1 aromatic rings. The van der Waals surface area contributed by atoms with Crippen molar-refractivity contribution in [2.45, 2.75) is 40.7 Å². The van der Waals surface area contributed by atoms with Crippen molar-refractivity contribution in [3.63, 3.8) is 0 Å². The molecule has 0 amide bonds. The van der Waals surface area contributed by atoms with Crippen LogP contribution < -0.4 is 16.0 Å². The lowest BCUT2D eigenvalue weighted by Crippen LogP contribution is -2.35. The van der Waals surface area contributed by atoms with Crippen LogP contribution in [0.2, 0.25) is 0 Å². The number of hydrazine groups is 1. The number of nitrogens with two attached hydrogens (primary N) is 1. The third-order valence-corrected chi connectivity index (χ3v) is 3.78. The summed E-state index contributed by atoms with van der Waals surface area (Å²) in [6.07, 6.45) is 0. The number of methoxy groups -OCH3 is 1. The highest BCUT2D eigenvalue weighted by molar-refractivity contribution is 5.45. The summed E-state index contributed by atoms with van der Waals surface area (Å²) in [5.41, 5.74) is 6.56. The maximum atomic E-state index is 5.77.